The van der Waals surface area contributed by atoms with Gasteiger partial charge >= 0.3 is 0 Å². The lowest BCUT2D eigenvalue weighted by molar-refractivity contribution is -0.137. The molecule has 1 saturated carbocycles. The van der Waals surface area contributed by atoms with Crippen LogP contribution >= 0.6 is 0 Å². The van der Waals surface area contributed by atoms with Gasteiger partial charge in [0.1, 0.15) is 11.5 Å². The van der Waals surface area contributed by atoms with E-state index in [0.717, 1.165) is 24.0 Å². The minimum atomic E-state index is -0.705. The van der Waals surface area contributed by atoms with E-state index in [0.29, 0.717) is 36.7 Å². The van der Waals surface area contributed by atoms with Crippen LogP contribution in [0.15, 0.2) is 36.5 Å². The van der Waals surface area contributed by atoms with Crippen LogP contribution in [-0.2, 0) is 4.79 Å². The summed E-state index contributed by atoms with van der Waals surface area (Å²) < 4.78 is 15.0. The van der Waals surface area contributed by atoms with E-state index >= 15 is 0 Å². The van der Waals surface area contributed by atoms with Crippen molar-refractivity contribution in [1.82, 2.24) is 24.4 Å². The zero-order chi connectivity index (χ0) is 24.2. The van der Waals surface area contributed by atoms with Gasteiger partial charge in [0.15, 0.2) is 5.65 Å². The lowest BCUT2D eigenvalue weighted by Crippen LogP contribution is -2.59. The second-order valence-corrected chi connectivity index (χ2v) is 9.80. The van der Waals surface area contributed by atoms with Gasteiger partial charge in [0, 0.05) is 36.8 Å². The third kappa shape index (κ3) is 3.94. The molecule has 1 aromatic carbocycles. The monoisotopic (exact) mass is 464 g/mol. The number of rotatable bonds is 4. The first-order chi connectivity index (χ1) is 16.2. The molecule has 3 heterocycles. The second kappa shape index (κ2) is 8.16. The first kappa shape index (κ1) is 22.5. The molecule has 34 heavy (non-hydrogen) atoms. The van der Waals surface area contributed by atoms with E-state index in [9.17, 15) is 14.0 Å². The molecule has 1 aliphatic heterocycles. The Morgan fingerprint density at radius 1 is 1.18 bits per heavy atom. The molecule has 0 radical (unpaired) electrons. The summed E-state index contributed by atoms with van der Waals surface area (Å²) in [5.41, 5.74) is 8.77. The maximum absolute atomic E-state index is 13.4. The topological polar surface area (TPSA) is 96.8 Å². The van der Waals surface area contributed by atoms with Crippen LogP contribution in [0.3, 0.4) is 0 Å². The van der Waals surface area contributed by atoms with Crippen molar-refractivity contribution < 1.29 is 14.0 Å². The van der Waals surface area contributed by atoms with E-state index in [1.165, 1.54) is 12.1 Å². The third-order valence-corrected chi connectivity index (χ3v) is 6.83. The van der Waals surface area contributed by atoms with Gasteiger partial charge in [0.25, 0.3) is 5.91 Å². The predicted octanol–water partition coefficient (Wildman–Crippen LogP) is 2.82. The van der Waals surface area contributed by atoms with Gasteiger partial charge in [0.05, 0.1) is 17.4 Å². The van der Waals surface area contributed by atoms with Crippen molar-refractivity contribution >= 4 is 17.5 Å². The Morgan fingerprint density at radius 3 is 2.50 bits per heavy atom. The number of hydrogen-bond acceptors (Lipinski definition) is 5. The summed E-state index contributed by atoms with van der Waals surface area (Å²) >= 11 is 0. The van der Waals surface area contributed by atoms with E-state index in [2.05, 4.69) is 23.9 Å². The summed E-state index contributed by atoms with van der Waals surface area (Å²) in [7, 11) is 0. The van der Waals surface area contributed by atoms with E-state index in [1.807, 2.05) is 13.0 Å². The second-order valence-electron chi connectivity index (χ2n) is 9.80. The van der Waals surface area contributed by atoms with E-state index in [1.54, 1.807) is 32.6 Å². The zero-order valence-corrected chi connectivity index (χ0v) is 19.7. The summed E-state index contributed by atoms with van der Waals surface area (Å²) in [4.78, 5) is 34.2. The highest BCUT2D eigenvalue weighted by Crippen LogP contribution is 2.35. The molecule has 178 valence electrons. The van der Waals surface area contributed by atoms with Crippen molar-refractivity contribution in [2.45, 2.75) is 51.1 Å². The number of amides is 2. The molecule has 1 aliphatic carbocycles. The van der Waals surface area contributed by atoms with E-state index < -0.39 is 5.54 Å². The van der Waals surface area contributed by atoms with Gasteiger partial charge in [-0.25, -0.2) is 13.9 Å². The van der Waals surface area contributed by atoms with Crippen LogP contribution in [0, 0.1) is 5.82 Å². The predicted molar refractivity (Wildman–Crippen MR) is 126 cm³/mol. The molecule has 0 spiro atoms. The molecule has 2 amide bonds. The number of piperazine rings is 1. The average Bonchev–Trinajstić information content (AvgIpc) is 3.42. The molecule has 2 N–H and O–H groups in total. The van der Waals surface area contributed by atoms with Crippen molar-refractivity contribution in [2.24, 2.45) is 5.73 Å². The van der Waals surface area contributed by atoms with Gasteiger partial charge < -0.3 is 15.5 Å². The first-order valence-corrected chi connectivity index (χ1v) is 11.7. The number of imidazole rings is 1. The summed E-state index contributed by atoms with van der Waals surface area (Å²) in [5.74, 6) is -0.356. The van der Waals surface area contributed by atoms with Crippen LogP contribution in [-0.4, -0.2) is 67.4 Å². The normalized spacial score (nSPS) is 19.6. The summed E-state index contributed by atoms with van der Waals surface area (Å²) in [5, 5.41) is 4.64. The fourth-order valence-electron chi connectivity index (χ4n) is 4.53. The van der Waals surface area contributed by atoms with Gasteiger partial charge in [-0.1, -0.05) is 13.8 Å². The number of carbonyl (C=O) groups is 2. The van der Waals surface area contributed by atoms with Gasteiger partial charge in [-0.15, -0.1) is 0 Å². The minimum absolute atomic E-state index is 0.0149. The highest BCUT2D eigenvalue weighted by molar-refractivity contribution is 5.94. The Morgan fingerprint density at radius 2 is 1.88 bits per heavy atom. The standard InChI is InChI=1S/C25H29FN6O2/c1-15(2)19-12-20(17-4-6-18(26)7-5-17)29-32-14-21(28-22(19)32)23(33)30-10-11-31(16(3)13-30)24(34)25(27)8-9-25/h4-7,12,14-16H,8-11,13,27H2,1-3H3/t16-/m0/s1. The molecule has 1 saturated heterocycles. The van der Waals surface area contributed by atoms with Crippen LogP contribution in [0.2, 0.25) is 0 Å². The molecule has 2 fully saturated rings. The maximum Gasteiger partial charge on any atom is 0.274 e. The molecule has 0 unspecified atom stereocenters. The van der Waals surface area contributed by atoms with Crippen LogP contribution < -0.4 is 5.73 Å². The molecule has 3 aromatic rings. The number of nitrogens with two attached hydrogens (primary N) is 1. The molecule has 0 bridgehead atoms. The number of hydrogen-bond donors (Lipinski definition) is 1. The lowest BCUT2D eigenvalue weighted by Gasteiger charge is -2.40. The number of carbonyl (C=O) groups excluding carboxylic acids is 2. The smallest absolute Gasteiger partial charge is 0.274 e. The molecule has 9 heteroatoms. The van der Waals surface area contributed by atoms with Gasteiger partial charge in [0.2, 0.25) is 5.91 Å². The molecule has 8 nitrogen and oxygen atoms in total. The molecular weight excluding hydrogens is 435 g/mol. The maximum atomic E-state index is 13.4. The lowest BCUT2D eigenvalue weighted by atomic mass is 10.0. The zero-order valence-electron chi connectivity index (χ0n) is 19.7. The van der Waals surface area contributed by atoms with Crippen molar-refractivity contribution in [2.75, 3.05) is 19.6 Å². The number of aromatic nitrogens is 3. The highest BCUT2D eigenvalue weighted by Gasteiger charge is 2.49. The summed E-state index contributed by atoms with van der Waals surface area (Å²) in [6, 6.07) is 8.01. The first-order valence-electron chi connectivity index (χ1n) is 11.7. The van der Waals surface area contributed by atoms with Crippen LogP contribution in [0.4, 0.5) is 4.39 Å². The van der Waals surface area contributed by atoms with E-state index in [-0.39, 0.29) is 29.6 Å². The van der Waals surface area contributed by atoms with Crippen LogP contribution in [0.5, 0.6) is 0 Å². The fourth-order valence-corrected chi connectivity index (χ4v) is 4.53. The Kier molecular flexibility index (Phi) is 5.39. The summed E-state index contributed by atoms with van der Waals surface area (Å²) in [6.45, 7) is 7.39. The Bertz CT molecular complexity index is 1260. The Labute approximate surface area is 197 Å². The number of benzene rings is 1. The molecule has 2 aliphatic rings. The van der Waals surface area contributed by atoms with Gasteiger partial charge in [-0.05, 0) is 56.0 Å². The van der Waals surface area contributed by atoms with Crippen LogP contribution in [0.1, 0.15) is 55.6 Å². The Balaban J connectivity index is 1.41. The van der Waals surface area contributed by atoms with Crippen molar-refractivity contribution in [3.8, 4) is 11.3 Å². The van der Waals surface area contributed by atoms with Crippen LogP contribution in [0.25, 0.3) is 16.9 Å². The summed E-state index contributed by atoms with van der Waals surface area (Å²) in [6.07, 6.45) is 3.10. The highest BCUT2D eigenvalue weighted by atomic mass is 19.1. The van der Waals surface area contributed by atoms with Crippen molar-refractivity contribution in [1.29, 1.82) is 0 Å². The number of nitrogens with zero attached hydrogens (tertiary/aromatic N) is 5. The molecular formula is C25H29FN6O2. The minimum Gasteiger partial charge on any atom is -0.335 e. The number of halogens is 1. The quantitative estimate of drug-likeness (QED) is 0.641. The molecule has 2 aromatic heterocycles. The molecule has 5 rings (SSSR count). The molecule has 1 atom stereocenters. The largest absolute Gasteiger partial charge is 0.335 e. The average molecular weight is 465 g/mol. The number of fused-ring (bicyclic) bond motifs is 1. The van der Waals surface area contributed by atoms with Crippen molar-refractivity contribution in [3.63, 3.8) is 0 Å². The van der Waals surface area contributed by atoms with E-state index in [4.69, 9.17) is 5.73 Å². The van der Waals surface area contributed by atoms with Gasteiger partial charge in [-0.2, -0.15) is 5.10 Å². The fraction of sp³-hybridized carbons (Fsp3) is 0.440. The van der Waals surface area contributed by atoms with Gasteiger partial charge in [-0.3, -0.25) is 9.59 Å². The third-order valence-electron chi connectivity index (χ3n) is 6.83. The SMILES string of the molecule is CC(C)c1cc(-c2ccc(F)cc2)nn2cc(C(=O)N3CCN(C(=O)C4(N)CC4)[C@@H](C)C3)nc12. The Hall–Kier alpha value is -3.33. The van der Waals surface area contributed by atoms with Crippen molar-refractivity contribution in [3.05, 3.63) is 53.6 Å².